The van der Waals surface area contributed by atoms with Gasteiger partial charge in [0.05, 0.1) is 10.6 Å². The predicted octanol–water partition coefficient (Wildman–Crippen LogP) is 3.04. The highest BCUT2D eigenvalue weighted by Crippen LogP contribution is 2.35. The molecule has 0 aliphatic carbocycles. The van der Waals surface area contributed by atoms with Crippen LogP contribution in [0, 0.1) is 0 Å². The van der Waals surface area contributed by atoms with Gasteiger partial charge >= 0.3 is 0 Å². The Balaban J connectivity index is 1.95. The molecule has 2 heterocycles. The van der Waals surface area contributed by atoms with Gasteiger partial charge in [0.1, 0.15) is 5.60 Å². The Hall–Kier alpha value is -1.43. The van der Waals surface area contributed by atoms with Crippen molar-refractivity contribution in [2.24, 2.45) is 0 Å². The fourth-order valence-electron chi connectivity index (χ4n) is 2.37. The van der Waals surface area contributed by atoms with Crippen LogP contribution in [0.1, 0.15) is 18.7 Å². The van der Waals surface area contributed by atoms with Crippen molar-refractivity contribution in [2.75, 3.05) is 20.3 Å². The lowest BCUT2D eigenvalue weighted by molar-refractivity contribution is -0.101. The molecular formula is C14H15ClN2O3. The predicted molar refractivity (Wildman–Crippen MR) is 73.5 cm³/mol. The van der Waals surface area contributed by atoms with Crippen LogP contribution in [0.25, 0.3) is 11.5 Å². The molecule has 1 fully saturated rings. The van der Waals surface area contributed by atoms with Gasteiger partial charge in [-0.25, -0.2) is 0 Å². The van der Waals surface area contributed by atoms with Gasteiger partial charge in [-0.2, -0.15) is 4.98 Å². The molecule has 0 unspecified atom stereocenters. The van der Waals surface area contributed by atoms with Gasteiger partial charge in [0.2, 0.25) is 5.82 Å². The maximum Gasteiger partial charge on any atom is 0.259 e. The van der Waals surface area contributed by atoms with Crippen LogP contribution in [0.15, 0.2) is 28.8 Å². The van der Waals surface area contributed by atoms with E-state index in [0.29, 0.717) is 42.8 Å². The average molecular weight is 295 g/mol. The van der Waals surface area contributed by atoms with Crippen molar-refractivity contribution in [3.63, 3.8) is 0 Å². The van der Waals surface area contributed by atoms with Gasteiger partial charge in [-0.15, -0.1) is 0 Å². The number of halogens is 1. The molecule has 0 saturated carbocycles. The minimum Gasteiger partial charge on any atom is -0.381 e. The lowest BCUT2D eigenvalue weighted by atomic mass is 9.93. The SMILES string of the molecule is COC1(c2noc(-c3ccccc3Cl)n2)CCOCC1. The number of rotatable bonds is 3. The molecule has 3 rings (SSSR count). The Bertz CT molecular complexity index is 594. The lowest BCUT2D eigenvalue weighted by Crippen LogP contribution is -2.36. The van der Waals surface area contributed by atoms with E-state index in [1.807, 2.05) is 18.2 Å². The van der Waals surface area contributed by atoms with E-state index < -0.39 is 5.60 Å². The van der Waals surface area contributed by atoms with Crippen LogP contribution in [0.5, 0.6) is 0 Å². The van der Waals surface area contributed by atoms with Gasteiger partial charge in [0.15, 0.2) is 0 Å². The summed E-state index contributed by atoms with van der Waals surface area (Å²) in [6, 6.07) is 7.38. The third kappa shape index (κ3) is 2.32. The van der Waals surface area contributed by atoms with Gasteiger partial charge in [-0.1, -0.05) is 28.9 Å². The molecule has 2 aromatic rings. The minimum absolute atomic E-state index is 0.411. The Morgan fingerprint density at radius 1 is 1.25 bits per heavy atom. The van der Waals surface area contributed by atoms with Crippen molar-refractivity contribution in [1.82, 2.24) is 10.1 Å². The summed E-state index contributed by atoms with van der Waals surface area (Å²) in [6.45, 7) is 1.26. The van der Waals surface area contributed by atoms with Gasteiger partial charge in [0, 0.05) is 33.2 Å². The van der Waals surface area contributed by atoms with E-state index in [-0.39, 0.29) is 0 Å². The molecule has 6 heteroatoms. The van der Waals surface area contributed by atoms with E-state index in [4.69, 9.17) is 25.6 Å². The summed E-state index contributed by atoms with van der Waals surface area (Å²) in [4.78, 5) is 4.47. The molecule has 0 radical (unpaired) electrons. The maximum absolute atomic E-state index is 6.14. The number of methoxy groups -OCH3 is 1. The van der Waals surface area contributed by atoms with Gasteiger partial charge in [0.25, 0.3) is 5.89 Å². The minimum atomic E-state index is -0.527. The Kier molecular flexibility index (Phi) is 3.74. The van der Waals surface area contributed by atoms with Crippen molar-refractivity contribution < 1.29 is 14.0 Å². The van der Waals surface area contributed by atoms with Crippen LogP contribution < -0.4 is 0 Å². The zero-order chi connectivity index (χ0) is 14.0. The smallest absolute Gasteiger partial charge is 0.259 e. The first-order chi connectivity index (χ1) is 9.75. The molecule has 106 valence electrons. The molecule has 5 nitrogen and oxygen atoms in total. The molecule has 1 saturated heterocycles. The molecule has 20 heavy (non-hydrogen) atoms. The van der Waals surface area contributed by atoms with Crippen molar-refractivity contribution in [3.05, 3.63) is 35.1 Å². The second-order valence-electron chi connectivity index (χ2n) is 4.71. The Morgan fingerprint density at radius 3 is 2.70 bits per heavy atom. The number of benzene rings is 1. The average Bonchev–Trinajstić information content (AvgIpc) is 2.98. The van der Waals surface area contributed by atoms with Crippen LogP contribution in [0.4, 0.5) is 0 Å². The molecule has 0 bridgehead atoms. The van der Waals surface area contributed by atoms with E-state index in [9.17, 15) is 0 Å². The number of ether oxygens (including phenoxy) is 2. The molecule has 1 aromatic heterocycles. The molecule has 0 amide bonds. The molecule has 0 atom stereocenters. The van der Waals surface area contributed by atoms with E-state index in [1.54, 1.807) is 13.2 Å². The normalized spacial score (nSPS) is 18.1. The lowest BCUT2D eigenvalue weighted by Gasteiger charge is -2.32. The van der Waals surface area contributed by atoms with Crippen molar-refractivity contribution in [2.45, 2.75) is 18.4 Å². The number of hydrogen-bond acceptors (Lipinski definition) is 5. The van der Waals surface area contributed by atoms with E-state index in [1.165, 1.54) is 0 Å². The third-order valence-corrected chi connectivity index (χ3v) is 3.96. The highest BCUT2D eigenvalue weighted by molar-refractivity contribution is 6.33. The highest BCUT2D eigenvalue weighted by Gasteiger charge is 2.39. The second kappa shape index (κ2) is 5.52. The summed E-state index contributed by atoms with van der Waals surface area (Å²) < 4.78 is 16.4. The molecular weight excluding hydrogens is 280 g/mol. The number of nitrogens with zero attached hydrogens (tertiary/aromatic N) is 2. The Labute approximate surface area is 121 Å². The summed E-state index contributed by atoms with van der Waals surface area (Å²) in [5.74, 6) is 0.965. The van der Waals surface area contributed by atoms with E-state index in [2.05, 4.69) is 10.1 Å². The number of aromatic nitrogens is 2. The van der Waals surface area contributed by atoms with Crippen molar-refractivity contribution in [1.29, 1.82) is 0 Å². The van der Waals surface area contributed by atoms with Crippen molar-refractivity contribution >= 4 is 11.6 Å². The standard InChI is InChI=1S/C14H15ClN2O3/c1-18-14(6-8-19-9-7-14)13-16-12(20-17-13)10-4-2-3-5-11(10)15/h2-5H,6-9H2,1H3. The summed E-state index contributed by atoms with van der Waals surface area (Å²) >= 11 is 6.14. The topological polar surface area (TPSA) is 57.4 Å². The second-order valence-corrected chi connectivity index (χ2v) is 5.12. The maximum atomic E-state index is 6.14. The van der Waals surface area contributed by atoms with Crippen LogP contribution >= 0.6 is 11.6 Å². The first-order valence-electron chi connectivity index (χ1n) is 6.47. The van der Waals surface area contributed by atoms with Crippen LogP contribution in [-0.4, -0.2) is 30.5 Å². The largest absolute Gasteiger partial charge is 0.381 e. The molecule has 0 spiro atoms. The first kappa shape index (κ1) is 13.5. The molecule has 1 aliphatic heterocycles. The summed E-state index contributed by atoms with van der Waals surface area (Å²) in [5, 5.41) is 4.66. The monoisotopic (exact) mass is 294 g/mol. The van der Waals surface area contributed by atoms with Gasteiger partial charge in [-0.05, 0) is 12.1 Å². The molecule has 1 aliphatic rings. The first-order valence-corrected chi connectivity index (χ1v) is 6.85. The van der Waals surface area contributed by atoms with Crippen LogP contribution in [0.3, 0.4) is 0 Å². The molecule has 1 aromatic carbocycles. The quantitative estimate of drug-likeness (QED) is 0.871. The zero-order valence-corrected chi connectivity index (χ0v) is 11.9. The fraction of sp³-hybridized carbons (Fsp3) is 0.429. The summed E-state index contributed by atoms with van der Waals surface area (Å²) in [7, 11) is 1.66. The zero-order valence-electron chi connectivity index (χ0n) is 11.1. The third-order valence-electron chi connectivity index (χ3n) is 3.63. The van der Waals surface area contributed by atoms with Crippen molar-refractivity contribution in [3.8, 4) is 11.5 Å². The highest BCUT2D eigenvalue weighted by atomic mass is 35.5. The van der Waals surface area contributed by atoms with Crippen LogP contribution in [0.2, 0.25) is 5.02 Å². The van der Waals surface area contributed by atoms with Crippen LogP contribution in [-0.2, 0) is 15.1 Å². The van der Waals surface area contributed by atoms with Gasteiger partial charge in [-0.3, -0.25) is 0 Å². The van der Waals surface area contributed by atoms with E-state index in [0.717, 1.165) is 5.56 Å². The van der Waals surface area contributed by atoms with Gasteiger partial charge < -0.3 is 14.0 Å². The Morgan fingerprint density at radius 2 is 2.00 bits per heavy atom. The summed E-state index contributed by atoms with van der Waals surface area (Å²) in [5.41, 5.74) is 0.201. The summed E-state index contributed by atoms with van der Waals surface area (Å²) in [6.07, 6.45) is 1.43. The number of hydrogen-bond donors (Lipinski definition) is 0. The molecule has 0 N–H and O–H groups in total. The van der Waals surface area contributed by atoms with E-state index >= 15 is 0 Å². The fourth-order valence-corrected chi connectivity index (χ4v) is 2.59.